The lowest BCUT2D eigenvalue weighted by Gasteiger charge is -2.40. The van der Waals surface area contributed by atoms with E-state index in [4.69, 9.17) is 9.47 Å². The van der Waals surface area contributed by atoms with Crippen molar-refractivity contribution < 1.29 is 50.0 Å². The number of hydrogen-bond donors (Lipinski definition) is 8. The summed E-state index contributed by atoms with van der Waals surface area (Å²) in [5.41, 5.74) is 0. The van der Waals surface area contributed by atoms with Crippen LogP contribution in [0.2, 0.25) is 0 Å². The maximum absolute atomic E-state index is 13.2. The van der Waals surface area contributed by atoms with Crippen LogP contribution in [0.15, 0.2) is 24.3 Å². The third kappa shape index (κ3) is 46.5. The Balaban J connectivity index is 2.22. The molecule has 1 heterocycles. The highest BCUT2D eigenvalue weighted by Crippen LogP contribution is 2.24. The van der Waals surface area contributed by atoms with Gasteiger partial charge in [-0.05, 0) is 64.2 Å². The molecule has 0 bridgehead atoms. The lowest BCUT2D eigenvalue weighted by atomic mass is 9.98. The lowest BCUT2D eigenvalue weighted by molar-refractivity contribution is -0.303. The van der Waals surface area contributed by atoms with Crippen LogP contribution in [0, 0.1) is 0 Å². The number of rotatable bonds is 62. The van der Waals surface area contributed by atoms with Gasteiger partial charge in [0.25, 0.3) is 0 Å². The Morgan fingerprint density at radius 3 is 1.06 bits per heavy atom. The van der Waals surface area contributed by atoms with Crippen molar-refractivity contribution in [3.05, 3.63) is 24.3 Å². The first-order chi connectivity index (χ1) is 39.7. The van der Waals surface area contributed by atoms with E-state index < -0.39 is 74.2 Å². The van der Waals surface area contributed by atoms with E-state index in [0.717, 1.165) is 38.5 Å². The number of carbonyl (C=O) groups is 1. The van der Waals surface area contributed by atoms with Crippen molar-refractivity contribution >= 4 is 5.91 Å². The Morgan fingerprint density at radius 2 is 0.728 bits per heavy atom. The zero-order valence-corrected chi connectivity index (χ0v) is 53.0. The first kappa shape index (κ1) is 77.6. The van der Waals surface area contributed by atoms with E-state index in [2.05, 4.69) is 43.5 Å². The molecule has 11 nitrogen and oxygen atoms in total. The van der Waals surface area contributed by atoms with Gasteiger partial charge in [0.2, 0.25) is 5.91 Å². The van der Waals surface area contributed by atoms with Gasteiger partial charge in [-0.25, -0.2) is 0 Å². The van der Waals surface area contributed by atoms with Crippen LogP contribution in [0.3, 0.4) is 0 Å². The van der Waals surface area contributed by atoms with E-state index >= 15 is 0 Å². The van der Waals surface area contributed by atoms with Crippen LogP contribution in [-0.4, -0.2) is 110 Å². The van der Waals surface area contributed by atoms with Gasteiger partial charge in [0.05, 0.1) is 25.4 Å². The molecule has 1 aliphatic heterocycles. The van der Waals surface area contributed by atoms with Crippen molar-refractivity contribution in [3.63, 3.8) is 0 Å². The van der Waals surface area contributed by atoms with Crippen molar-refractivity contribution in [2.24, 2.45) is 0 Å². The SMILES string of the molecule is CCCCCCCCCCCCCC/C=C\CCCCCCCCCCCCCCC(O)C(=O)NC(COC1OC(CO)C(O)C(O)C1O)C(O)C(O)CCC/C=C/CCCCCCCCCCCCCCCCCCCCCCC. The molecule has 11 heteroatoms. The normalized spacial score (nSPS) is 19.2. The van der Waals surface area contributed by atoms with Crippen LogP contribution in [0.25, 0.3) is 0 Å². The number of allylic oxidation sites excluding steroid dienone is 4. The van der Waals surface area contributed by atoms with Crippen molar-refractivity contribution in [1.29, 1.82) is 0 Å². The highest BCUT2D eigenvalue weighted by atomic mass is 16.7. The molecule has 1 rings (SSSR count). The van der Waals surface area contributed by atoms with Gasteiger partial charge >= 0.3 is 0 Å². The standard InChI is InChI=1S/C70H135NO10/c1-3-5-7-9-11-13-15-17-19-21-23-25-27-29-31-32-34-36-38-40-42-44-46-48-50-52-54-56-58-63(74)69(79)71-61(60-80-70-68(78)67(77)66(76)64(59-72)81-70)65(75)62(73)57-55-53-51-49-47-45-43-41-39-37-35-33-30-28-26-24-22-20-18-16-14-12-10-8-6-4-2/h29,31,49,51,61-68,70,72-78H,3-28,30,32-48,50,52-60H2,1-2H3,(H,71,79)/b31-29-,51-49+. The fraction of sp³-hybridized carbons (Fsp3) is 0.929. The molecule has 480 valence electrons. The molecule has 81 heavy (non-hydrogen) atoms. The Labute approximate surface area is 499 Å². The van der Waals surface area contributed by atoms with Crippen molar-refractivity contribution in [2.45, 2.75) is 403 Å². The molecule has 0 aromatic carbocycles. The van der Waals surface area contributed by atoms with Crippen LogP contribution < -0.4 is 5.32 Å². The predicted octanol–water partition coefficient (Wildman–Crippen LogP) is 16.8. The molecule has 1 aliphatic rings. The zero-order chi connectivity index (χ0) is 58.9. The van der Waals surface area contributed by atoms with Crippen molar-refractivity contribution in [2.75, 3.05) is 13.2 Å². The summed E-state index contributed by atoms with van der Waals surface area (Å²) in [4.78, 5) is 13.2. The summed E-state index contributed by atoms with van der Waals surface area (Å²) < 4.78 is 11.2. The first-order valence-electron chi connectivity index (χ1n) is 35.2. The minimum absolute atomic E-state index is 0.256. The molecule has 9 unspecified atom stereocenters. The Morgan fingerprint density at radius 1 is 0.420 bits per heavy atom. The fourth-order valence-corrected chi connectivity index (χ4v) is 11.6. The third-order valence-corrected chi connectivity index (χ3v) is 17.2. The summed E-state index contributed by atoms with van der Waals surface area (Å²) in [6.45, 7) is 3.50. The van der Waals surface area contributed by atoms with Crippen molar-refractivity contribution in [1.82, 2.24) is 5.32 Å². The van der Waals surface area contributed by atoms with E-state index in [-0.39, 0.29) is 12.8 Å². The van der Waals surface area contributed by atoms with E-state index in [1.165, 1.54) is 270 Å². The number of amides is 1. The number of ether oxygens (including phenoxy) is 2. The minimum atomic E-state index is -1.67. The van der Waals surface area contributed by atoms with Crippen molar-refractivity contribution in [3.8, 4) is 0 Å². The number of aliphatic hydroxyl groups excluding tert-OH is 7. The quantitative estimate of drug-likeness (QED) is 0.0215. The topological polar surface area (TPSA) is 189 Å². The van der Waals surface area contributed by atoms with E-state index in [1.54, 1.807) is 0 Å². The Bertz CT molecular complexity index is 1370. The van der Waals surface area contributed by atoms with Crippen LogP contribution in [0.1, 0.15) is 348 Å². The van der Waals surface area contributed by atoms with Crippen LogP contribution >= 0.6 is 0 Å². The van der Waals surface area contributed by atoms with Crippen LogP contribution in [0.5, 0.6) is 0 Å². The minimum Gasteiger partial charge on any atom is -0.394 e. The fourth-order valence-electron chi connectivity index (χ4n) is 11.6. The summed E-state index contributed by atoms with van der Waals surface area (Å²) in [6.07, 6.45) is 62.6. The lowest BCUT2D eigenvalue weighted by Crippen LogP contribution is -2.60. The third-order valence-electron chi connectivity index (χ3n) is 17.2. The van der Waals surface area contributed by atoms with Gasteiger partial charge in [-0.15, -0.1) is 0 Å². The number of nitrogens with one attached hydrogen (secondary N) is 1. The van der Waals surface area contributed by atoms with Crippen LogP contribution in [0.4, 0.5) is 0 Å². The van der Waals surface area contributed by atoms with Crippen LogP contribution in [-0.2, 0) is 14.3 Å². The first-order valence-corrected chi connectivity index (χ1v) is 35.2. The molecule has 8 N–H and O–H groups in total. The maximum atomic E-state index is 13.2. The summed E-state index contributed by atoms with van der Waals surface area (Å²) in [6, 6.07) is -1.19. The smallest absolute Gasteiger partial charge is 0.249 e. The number of aliphatic hydroxyl groups is 7. The molecule has 1 fully saturated rings. The summed E-state index contributed by atoms with van der Waals surface area (Å²) >= 11 is 0. The average Bonchev–Trinajstić information content (AvgIpc) is 3.51. The number of carbonyl (C=O) groups excluding carboxylic acids is 1. The molecule has 0 aromatic heterocycles. The van der Waals surface area contributed by atoms with Gasteiger partial charge in [0, 0.05) is 0 Å². The molecule has 0 saturated carbocycles. The molecule has 0 radical (unpaired) electrons. The van der Waals surface area contributed by atoms with Gasteiger partial charge in [-0.2, -0.15) is 0 Å². The van der Waals surface area contributed by atoms with E-state index in [1.807, 2.05) is 0 Å². The summed E-state index contributed by atoms with van der Waals surface area (Å²) in [7, 11) is 0. The highest BCUT2D eigenvalue weighted by Gasteiger charge is 2.44. The second-order valence-corrected chi connectivity index (χ2v) is 25.0. The van der Waals surface area contributed by atoms with Gasteiger partial charge in [0.15, 0.2) is 6.29 Å². The number of hydrogen-bond acceptors (Lipinski definition) is 10. The molecule has 0 aromatic rings. The predicted molar refractivity (Wildman–Crippen MR) is 339 cm³/mol. The van der Waals surface area contributed by atoms with Gasteiger partial charge in [-0.3, -0.25) is 4.79 Å². The molecular formula is C70H135NO10. The number of unbranched alkanes of at least 4 members (excludes halogenated alkanes) is 46. The van der Waals surface area contributed by atoms with E-state index in [9.17, 15) is 40.5 Å². The molecule has 1 saturated heterocycles. The molecule has 1 amide bonds. The maximum Gasteiger partial charge on any atom is 0.249 e. The molecular weight excluding hydrogens is 1010 g/mol. The largest absolute Gasteiger partial charge is 0.394 e. The van der Waals surface area contributed by atoms with Gasteiger partial charge in [-0.1, -0.05) is 308 Å². The monoisotopic (exact) mass is 1150 g/mol. The summed E-state index contributed by atoms with van der Waals surface area (Å²) in [5.74, 6) is -0.701. The molecule has 9 atom stereocenters. The van der Waals surface area contributed by atoms with E-state index in [0.29, 0.717) is 12.8 Å². The van der Waals surface area contributed by atoms with Gasteiger partial charge in [0.1, 0.15) is 36.6 Å². The second-order valence-electron chi connectivity index (χ2n) is 25.0. The highest BCUT2D eigenvalue weighted by molar-refractivity contribution is 5.80. The Kier molecular flexibility index (Phi) is 56.5. The summed E-state index contributed by atoms with van der Waals surface area (Å²) in [5, 5.41) is 76.5. The molecule has 0 aliphatic carbocycles. The zero-order valence-electron chi connectivity index (χ0n) is 53.0. The molecule has 0 spiro atoms. The Hall–Kier alpha value is -1.41. The second kappa shape index (κ2) is 58.9. The average molecular weight is 1150 g/mol. The van der Waals surface area contributed by atoms with Gasteiger partial charge < -0.3 is 50.5 Å².